The minimum Gasteiger partial charge on any atom is -0.486 e. The van der Waals surface area contributed by atoms with Crippen molar-refractivity contribution < 1.29 is 19.1 Å². The van der Waals surface area contributed by atoms with Crippen molar-refractivity contribution >= 4 is 17.6 Å². The second kappa shape index (κ2) is 6.71. The average Bonchev–Trinajstić information content (AvgIpc) is 2.89. The Morgan fingerprint density at radius 2 is 1.92 bits per heavy atom. The molecule has 2 aromatic rings. The van der Waals surface area contributed by atoms with Gasteiger partial charge in [0, 0.05) is 6.07 Å². The summed E-state index contributed by atoms with van der Waals surface area (Å²) in [6.07, 6.45) is 2.71. The number of allylic oxidation sites excluding steroid dienone is 1. The number of ether oxygens (including phenoxy) is 2. The summed E-state index contributed by atoms with van der Waals surface area (Å²) in [6, 6.07) is 13.0. The maximum absolute atomic E-state index is 12.4. The van der Waals surface area contributed by atoms with Crippen molar-refractivity contribution in [2.75, 3.05) is 6.61 Å². The number of carbonyl (C=O) groups is 2. The topological polar surface area (TPSA) is 52.6 Å². The standard InChI is InChI=1S/C20H18O4/c1-3-14-4-6-15(7-5-14)10-19-20(22)17-9-8-16(11-18(17)24-19)23-12-13(2)21/h4-11H,3,12H2,1-2H3/b19-10-. The normalized spacial score (nSPS) is 14.4. The fourth-order valence-electron chi connectivity index (χ4n) is 2.44. The number of benzene rings is 2. The third-order valence-electron chi connectivity index (χ3n) is 3.77. The number of Topliss-reactive ketones (excluding diaryl/α,β-unsaturated/α-hetero) is 2. The van der Waals surface area contributed by atoms with Gasteiger partial charge in [0.25, 0.3) is 0 Å². The Hall–Kier alpha value is -2.88. The summed E-state index contributed by atoms with van der Waals surface area (Å²) >= 11 is 0. The number of hydrogen-bond acceptors (Lipinski definition) is 4. The molecule has 0 saturated heterocycles. The zero-order valence-corrected chi connectivity index (χ0v) is 13.7. The highest BCUT2D eigenvalue weighted by Gasteiger charge is 2.27. The summed E-state index contributed by atoms with van der Waals surface area (Å²) in [4.78, 5) is 23.4. The lowest BCUT2D eigenvalue weighted by Gasteiger charge is -2.05. The molecule has 0 bridgehead atoms. The highest BCUT2D eigenvalue weighted by Crippen LogP contribution is 2.34. The van der Waals surface area contributed by atoms with Gasteiger partial charge in [0.05, 0.1) is 5.56 Å². The molecule has 3 rings (SSSR count). The first-order valence-electron chi connectivity index (χ1n) is 7.86. The SMILES string of the molecule is CCc1ccc(/C=C2\Oc3cc(OCC(C)=O)ccc3C2=O)cc1. The number of hydrogen-bond donors (Lipinski definition) is 0. The first kappa shape index (κ1) is 16.0. The van der Waals surface area contributed by atoms with Crippen molar-refractivity contribution in [1.82, 2.24) is 0 Å². The quantitative estimate of drug-likeness (QED) is 0.785. The van der Waals surface area contributed by atoms with E-state index in [1.165, 1.54) is 12.5 Å². The van der Waals surface area contributed by atoms with Crippen molar-refractivity contribution in [3.8, 4) is 11.5 Å². The molecule has 122 valence electrons. The van der Waals surface area contributed by atoms with Gasteiger partial charge in [0.2, 0.25) is 5.78 Å². The van der Waals surface area contributed by atoms with Crippen LogP contribution in [0.4, 0.5) is 0 Å². The number of rotatable bonds is 5. The summed E-state index contributed by atoms with van der Waals surface area (Å²) in [5, 5.41) is 0. The Morgan fingerprint density at radius 1 is 1.17 bits per heavy atom. The highest BCUT2D eigenvalue weighted by atomic mass is 16.5. The van der Waals surface area contributed by atoms with Crippen molar-refractivity contribution in [3.05, 3.63) is 64.9 Å². The van der Waals surface area contributed by atoms with E-state index in [1.54, 1.807) is 24.3 Å². The van der Waals surface area contributed by atoms with Crippen molar-refractivity contribution in [3.63, 3.8) is 0 Å². The highest BCUT2D eigenvalue weighted by molar-refractivity contribution is 6.14. The fraction of sp³-hybridized carbons (Fsp3) is 0.200. The molecule has 24 heavy (non-hydrogen) atoms. The first-order valence-corrected chi connectivity index (χ1v) is 7.86. The lowest BCUT2D eigenvalue weighted by Crippen LogP contribution is -2.06. The van der Waals surface area contributed by atoms with E-state index in [9.17, 15) is 9.59 Å². The van der Waals surface area contributed by atoms with Gasteiger partial charge in [0.1, 0.15) is 18.1 Å². The van der Waals surface area contributed by atoms with Gasteiger partial charge in [-0.2, -0.15) is 0 Å². The molecule has 4 nitrogen and oxygen atoms in total. The molecule has 0 aliphatic carbocycles. The van der Waals surface area contributed by atoms with E-state index in [0.29, 0.717) is 17.1 Å². The molecular formula is C20H18O4. The summed E-state index contributed by atoms with van der Waals surface area (Å²) in [7, 11) is 0. The Morgan fingerprint density at radius 3 is 2.58 bits per heavy atom. The maximum atomic E-state index is 12.4. The molecule has 0 saturated carbocycles. The van der Waals surface area contributed by atoms with Gasteiger partial charge in [-0.15, -0.1) is 0 Å². The Kier molecular flexibility index (Phi) is 4.47. The van der Waals surface area contributed by atoms with E-state index in [2.05, 4.69) is 6.92 Å². The summed E-state index contributed by atoms with van der Waals surface area (Å²) in [5.74, 6) is 1.03. The lowest BCUT2D eigenvalue weighted by atomic mass is 10.1. The first-order chi connectivity index (χ1) is 11.6. The minimum absolute atomic E-state index is 0.000787. The van der Waals surface area contributed by atoms with Crippen LogP contribution in [-0.4, -0.2) is 18.2 Å². The molecule has 1 aliphatic rings. The van der Waals surface area contributed by atoms with E-state index >= 15 is 0 Å². The fourth-order valence-corrected chi connectivity index (χ4v) is 2.44. The second-order valence-corrected chi connectivity index (χ2v) is 5.68. The van der Waals surface area contributed by atoms with Gasteiger partial charge in [-0.1, -0.05) is 31.2 Å². The molecule has 0 N–H and O–H groups in total. The summed E-state index contributed by atoms with van der Waals surface area (Å²) < 4.78 is 11.0. The van der Waals surface area contributed by atoms with Crippen LogP contribution in [0.3, 0.4) is 0 Å². The molecule has 0 spiro atoms. The van der Waals surface area contributed by atoms with Crippen LogP contribution in [-0.2, 0) is 11.2 Å². The van der Waals surface area contributed by atoms with Crippen LogP contribution in [0.2, 0.25) is 0 Å². The minimum atomic E-state index is -0.150. The van der Waals surface area contributed by atoms with Gasteiger partial charge in [0.15, 0.2) is 11.5 Å². The van der Waals surface area contributed by atoms with Gasteiger partial charge in [-0.25, -0.2) is 0 Å². The van der Waals surface area contributed by atoms with Gasteiger partial charge in [-0.3, -0.25) is 9.59 Å². The van der Waals surface area contributed by atoms with Crippen LogP contribution in [0.5, 0.6) is 11.5 Å². The number of carbonyl (C=O) groups excluding carboxylic acids is 2. The molecule has 0 amide bonds. The average molecular weight is 322 g/mol. The van der Waals surface area contributed by atoms with Crippen molar-refractivity contribution in [1.29, 1.82) is 0 Å². The van der Waals surface area contributed by atoms with Crippen LogP contribution < -0.4 is 9.47 Å². The van der Waals surface area contributed by atoms with Crippen LogP contribution in [0, 0.1) is 0 Å². The molecular weight excluding hydrogens is 304 g/mol. The van der Waals surface area contributed by atoms with Crippen molar-refractivity contribution in [2.24, 2.45) is 0 Å². The maximum Gasteiger partial charge on any atom is 0.231 e. The molecule has 1 aliphatic heterocycles. The molecule has 0 fully saturated rings. The third kappa shape index (κ3) is 3.38. The van der Waals surface area contributed by atoms with E-state index in [0.717, 1.165) is 12.0 Å². The van der Waals surface area contributed by atoms with Gasteiger partial charge < -0.3 is 9.47 Å². The zero-order chi connectivity index (χ0) is 17.1. The monoisotopic (exact) mass is 322 g/mol. The lowest BCUT2D eigenvalue weighted by molar-refractivity contribution is -0.118. The number of aryl methyl sites for hydroxylation is 1. The van der Waals surface area contributed by atoms with Crippen LogP contribution in [0.15, 0.2) is 48.2 Å². The van der Waals surface area contributed by atoms with E-state index in [-0.39, 0.29) is 23.9 Å². The van der Waals surface area contributed by atoms with Crippen LogP contribution in [0.25, 0.3) is 6.08 Å². The van der Waals surface area contributed by atoms with E-state index in [4.69, 9.17) is 9.47 Å². The third-order valence-corrected chi connectivity index (χ3v) is 3.77. The predicted octanol–water partition coefficient (Wildman–Crippen LogP) is 3.83. The van der Waals surface area contributed by atoms with Gasteiger partial charge in [-0.05, 0) is 42.7 Å². The van der Waals surface area contributed by atoms with Gasteiger partial charge >= 0.3 is 0 Å². The smallest absolute Gasteiger partial charge is 0.231 e. The Labute approximate surface area is 140 Å². The second-order valence-electron chi connectivity index (χ2n) is 5.68. The van der Waals surface area contributed by atoms with Crippen LogP contribution in [0.1, 0.15) is 35.3 Å². The Bertz CT molecular complexity index is 816. The molecule has 0 unspecified atom stereocenters. The van der Waals surface area contributed by atoms with Crippen LogP contribution >= 0.6 is 0 Å². The molecule has 1 heterocycles. The van der Waals surface area contributed by atoms with E-state index in [1.807, 2.05) is 24.3 Å². The molecule has 4 heteroatoms. The number of ketones is 2. The summed E-state index contributed by atoms with van der Waals surface area (Å²) in [6.45, 7) is 3.55. The summed E-state index contributed by atoms with van der Waals surface area (Å²) in [5.41, 5.74) is 2.66. The molecule has 0 aromatic heterocycles. The van der Waals surface area contributed by atoms with E-state index < -0.39 is 0 Å². The molecule has 2 aromatic carbocycles. The number of fused-ring (bicyclic) bond motifs is 1. The predicted molar refractivity (Wildman–Crippen MR) is 91.4 cm³/mol. The Balaban J connectivity index is 1.81. The largest absolute Gasteiger partial charge is 0.486 e. The molecule has 0 radical (unpaired) electrons. The zero-order valence-electron chi connectivity index (χ0n) is 13.7. The van der Waals surface area contributed by atoms with Crippen molar-refractivity contribution in [2.45, 2.75) is 20.3 Å². The molecule has 0 atom stereocenters.